The van der Waals surface area contributed by atoms with Crippen molar-refractivity contribution < 1.29 is 15.0 Å². The molecule has 0 saturated heterocycles. The Balaban J connectivity index is 2.08. The van der Waals surface area contributed by atoms with Gasteiger partial charge in [-0.1, -0.05) is 118 Å². The Morgan fingerprint density at radius 3 is 2.00 bits per heavy atom. The van der Waals surface area contributed by atoms with Crippen LogP contribution < -0.4 is 5.32 Å². The van der Waals surface area contributed by atoms with Crippen molar-refractivity contribution in [2.45, 2.75) is 64.7 Å². The van der Waals surface area contributed by atoms with E-state index >= 15 is 0 Å². The van der Waals surface area contributed by atoms with Crippen molar-refractivity contribution in [2.75, 3.05) is 6.54 Å². The van der Waals surface area contributed by atoms with E-state index in [0.717, 1.165) is 12.0 Å². The van der Waals surface area contributed by atoms with Gasteiger partial charge in [-0.3, -0.25) is 4.79 Å². The molecule has 0 aliphatic heterocycles. The topological polar surface area (TPSA) is 69.6 Å². The second-order valence-corrected chi connectivity index (χ2v) is 8.10. The van der Waals surface area contributed by atoms with E-state index in [1.165, 1.54) is 63.2 Å². The van der Waals surface area contributed by atoms with E-state index < -0.39 is 0 Å². The molecule has 0 spiro atoms. The second kappa shape index (κ2) is 20.3. The molecule has 3 N–H and O–H groups in total. The molecule has 0 bridgehead atoms. The van der Waals surface area contributed by atoms with Crippen LogP contribution in [0.1, 0.15) is 63.9 Å². The molecule has 4 nitrogen and oxygen atoms in total. The minimum Gasteiger partial charge on any atom is -0.504 e. The molecule has 0 heterocycles. The summed E-state index contributed by atoms with van der Waals surface area (Å²) in [5.74, 6) is -0.481. The number of amides is 1. The summed E-state index contributed by atoms with van der Waals surface area (Å²) in [7, 11) is 0. The van der Waals surface area contributed by atoms with E-state index in [1.54, 1.807) is 18.2 Å². The van der Waals surface area contributed by atoms with Crippen molar-refractivity contribution in [1.82, 2.24) is 5.32 Å². The normalized spacial score (nSPS) is 12.5. The molecule has 1 amide bonds. The van der Waals surface area contributed by atoms with Crippen LogP contribution in [0.3, 0.4) is 0 Å². The van der Waals surface area contributed by atoms with Crippen LogP contribution in [0, 0.1) is 0 Å². The molecule has 0 aliphatic carbocycles. The molecular weight excluding hydrogens is 422 g/mol. The van der Waals surface area contributed by atoms with Crippen LogP contribution in [0.2, 0.25) is 0 Å². The Morgan fingerprint density at radius 2 is 1.35 bits per heavy atom. The first-order valence-corrected chi connectivity index (χ1v) is 12.4. The predicted molar refractivity (Wildman–Crippen MR) is 144 cm³/mol. The lowest BCUT2D eigenvalue weighted by molar-refractivity contribution is -0.116. The highest BCUT2D eigenvalue weighted by Crippen LogP contribution is 2.24. The standard InChI is InChI=1S/C30H41NO3/c1-2-3-4-5-6-7-8-9-10-11-12-13-14-15-16-17-18-19-20-21-30(34)31-25-24-27-22-23-28(32)29(33)26-27/h10-23,26,32-33H,2-9,24-25H2,1H3,(H,31,34). The number of unbranched alkanes of at least 4 members (excludes halogenated alkanes) is 7. The van der Waals surface area contributed by atoms with Crippen molar-refractivity contribution in [1.29, 1.82) is 0 Å². The number of nitrogens with one attached hydrogen (secondary N) is 1. The summed E-state index contributed by atoms with van der Waals surface area (Å²) < 4.78 is 0. The summed E-state index contributed by atoms with van der Waals surface area (Å²) in [6, 6.07) is 4.64. The van der Waals surface area contributed by atoms with E-state index in [0.29, 0.717) is 13.0 Å². The molecule has 0 aliphatic rings. The quantitative estimate of drug-likeness (QED) is 0.0987. The first-order valence-electron chi connectivity index (χ1n) is 12.4. The molecule has 0 atom stereocenters. The third kappa shape index (κ3) is 16.4. The van der Waals surface area contributed by atoms with Crippen molar-refractivity contribution in [3.05, 3.63) is 96.7 Å². The van der Waals surface area contributed by atoms with Gasteiger partial charge >= 0.3 is 0 Å². The minimum atomic E-state index is -0.179. The van der Waals surface area contributed by atoms with Gasteiger partial charge in [0.2, 0.25) is 5.91 Å². The largest absolute Gasteiger partial charge is 0.504 e. The zero-order valence-electron chi connectivity index (χ0n) is 20.5. The number of hydrogen-bond acceptors (Lipinski definition) is 3. The first kappa shape index (κ1) is 28.8. The van der Waals surface area contributed by atoms with Crippen LogP contribution in [-0.4, -0.2) is 22.7 Å². The summed E-state index contributed by atoms with van der Waals surface area (Å²) in [5.41, 5.74) is 0.840. The Hall–Kier alpha value is -3.27. The molecule has 0 saturated carbocycles. The smallest absolute Gasteiger partial charge is 0.243 e. The molecule has 4 heteroatoms. The van der Waals surface area contributed by atoms with E-state index in [2.05, 4.69) is 24.4 Å². The predicted octanol–water partition coefficient (Wildman–Crippen LogP) is 7.23. The molecule has 0 radical (unpaired) electrons. The van der Waals surface area contributed by atoms with Crippen LogP contribution in [-0.2, 0) is 11.2 Å². The summed E-state index contributed by atoms with van der Waals surface area (Å²) >= 11 is 0. The average Bonchev–Trinajstić information content (AvgIpc) is 2.83. The Morgan fingerprint density at radius 1 is 0.765 bits per heavy atom. The zero-order valence-corrected chi connectivity index (χ0v) is 20.5. The highest BCUT2D eigenvalue weighted by Gasteiger charge is 2.01. The number of rotatable bonds is 17. The van der Waals surface area contributed by atoms with Crippen molar-refractivity contribution >= 4 is 5.91 Å². The maximum absolute atomic E-state index is 11.8. The molecular formula is C30H41NO3. The highest BCUT2D eigenvalue weighted by atomic mass is 16.3. The van der Waals surface area contributed by atoms with E-state index in [4.69, 9.17) is 0 Å². The van der Waals surface area contributed by atoms with Gasteiger partial charge in [-0.15, -0.1) is 0 Å². The summed E-state index contributed by atoms with van der Waals surface area (Å²) in [5, 5.41) is 21.5. The van der Waals surface area contributed by atoms with Crippen LogP contribution in [0.4, 0.5) is 0 Å². The van der Waals surface area contributed by atoms with Gasteiger partial charge in [0.1, 0.15) is 0 Å². The Bertz CT molecular complexity index is 860. The van der Waals surface area contributed by atoms with Crippen LogP contribution in [0.25, 0.3) is 0 Å². The van der Waals surface area contributed by atoms with Crippen molar-refractivity contribution in [2.24, 2.45) is 0 Å². The maximum atomic E-state index is 11.8. The van der Waals surface area contributed by atoms with Crippen LogP contribution in [0.15, 0.2) is 91.1 Å². The Kier molecular flexibility index (Phi) is 17.2. The van der Waals surface area contributed by atoms with Crippen molar-refractivity contribution in [3.8, 4) is 11.5 Å². The van der Waals surface area contributed by atoms with Crippen molar-refractivity contribution in [3.63, 3.8) is 0 Å². The number of hydrogen-bond donors (Lipinski definition) is 3. The second-order valence-electron chi connectivity index (χ2n) is 8.10. The lowest BCUT2D eigenvalue weighted by atomic mass is 10.1. The minimum absolute atomic E-state index is 0.148. The van der Waals surface area contributed by atoms with Crippen LogP contribution >= 0.6 is 0 Å². The summed E-state index contributed by atoms with van der Waals surface area (Å²) in [6.45, 7) is 2.70. The number of phenolic OH excluding ortho intramolecular Hbond substituents is 2. The molecule has 34 heavy (non-hydrogen) atoms. The third-order valence-electron chi connectivity index (χ3n) is 5.11. The number of allylic oxidation sites excluding steroid dienone is 11. The summed E-state index contributed by atoms with van der Waals surface area (Å²) in [4.78, 5) is 11.8. The highest BCUT2D eigenvalue weighted by molar-refractivity contribution is 5.87. The van der Waals surface area contributed by atoms with Gasteiger partial charge < -0.3 is 15.5 Å². The number of aromatic hydroxyl groups is 2. The van der Waals surface area contributed by atoms with Gasteiger partial charge in [-0.25, -0.2) is 0 Å². The Labute approximate surface area is 205 Å². The van der Waals surface area contributed by atoms with E-state index in [1.807, 2.05) is 42.5 Å². The number of carbonyl (C=O) groups excluding carboxylic acids is 1. The molecule has 1 aromatic carbocycles. The number of carbonyl (C=O) groups is 1. The van der Waals surface area contributed by atoms with Gasteiger partial charge in [0.25, 0.3) is 0 Å². The average molecular weight is 464 g/mol. The molecule has 1 rings (SSSR count). The molecule has 0 aromatic heterocycles. The zero-order chi connectivity index (χ0) is 24.7. The van der Waals surface area contributed by atoms with Gasteiger partial charge in [0, 0.05) is 12.6 Å². The molecule has 0 unspecified atom stereocenters. The lowest BCUT2D eigenvalue weighted by Gasteiger charge is -2.04. The lowest BCUT2D eigenvalue weighted by Crippen LogP contribution is -2.23. The van der Waals surface area contributed by atoms with Gasteiger partial charge in [-0.2, -0.15) is 0 Å². The summed E-state index contributed by atoms with van der Waals surface area (Å²) in [6.07, 6.45) is 34.2. The van der Waals surface area contributed by atoms with E-state index in [-0.39, 0.29) is 17.4 Å². The molecule has 0 fully saturated rings. The van der Waals surface area contributed by atoms with E-state index in [9.17, 15) is 15.0 Å². The van der Waals surface area contributed by atoms with Gasteiger partial charge in [-0.05, 0) is 37.0 Å². The number of benzene rings is 1. The SMILES string of the molecule is CCCCCCCCCC=CC=CC=CC=CC=CC=CC(=O)NCCc1ccc(O)c(O)c1. The van der Waals surface area contributed by atoms with Gasteiger partial charge in [0.15, 0.2) is 11.5 Å². The maximum Gasteiger partial charge on any atom is 0.243 e. The molecule has 184 valence electrons. The third-order valence-corrected chi connectivity index (χ3v) is 5.11. The molecule has 1 aromatic rings. The fraction of sp³-hybridized carbons (Fsp3) is 0.367. The fourth-order valence-electron chi connectivity index (χ4n) is 3.16. The van der Waals surface area contributed by atoms with Crippen LogP contribution in [0.5, 0.6) is 11.5 Å². The first-order chi connectivity index (χ1) is 16.6. The number of phenols is 2. The van der Waals surface area contributed by atoms with Gasteiger partial charge in [0.05, 0.1) is 0 Å². The fourth-order valence-corrected chi connectivity index (χ4v) is 3.16. The monoisotopic (exact) mass is 463 g/mol.